The lowest BCUT2D eigenvalue weighted by molar-refractivity contribution is 0.414. The van der Waals surface area contributed by atoms with E-state index < -0.39 is 0 Å². The first-order valence-corrected chi connectivity index (χ1v) is 9.89. The second kappa shape index (κ2) is 8.41. The Kier molecular flexibility index (Phi) is 5.52. The summed E-state index contributed by atoms with van der Waals surface area (Å²) in [6.07, 6.45) is 1.79. The fraction of sp³-hybridized carbons (Fsp3) is 0.261. The van der Waals surface area contributed by atoms with Crippen LogP contribution < -0.4 is 14.8 Å². The van der Waals surface area contributed by atoms with Crippen molar-refractivity contribution in [1.82, 2.24) is 19.5 Å². The van der Waals surface area contributed by atoms with Gasteiger partial charge in [0.25, 0.3) is 0 Å². The van der Waals surface area contributed by atoms with Crippen molar-refractivity contribution in [2.75, 3.05) is 12.4 Å². The maximum atomic E-state index is 5.97. The van der Waals surface area contributed by atoms with E-state index in [1.807, 2.05) is 60.0 Å². The van der Waals surface area contributed by atoms with E-state index in [4.69, 9.17) is 9.47 Å². The van der Waals surface area contributed by atoms with Crippen molar-refractivity contribution in [1.29, 1.82) is 0 Å². The van der Waals surface area contributed by atoms with Crippen LogP contribution in [-0.4, -0.2) is 26.6 Å². The van der Waals surface area contributed by atoms with E-state index in [1.54, 1.807) is 13.4 Å². The van der Waals surface area contributed by atoms with Gasteiger partial charge in [0, 0.05) is 12.6 Å². The number of hydrogen-bond donors (Lipinski definition) is 1. The Labute approximate surface area is 175 Å². The summed E-state index contributed by atoms with van der Waals surface area (Å²) < 4.78 is 13.2. The van der Waals surface area contributed by atoms with Crippen LogP contribution >= 0.6 is 0 Å². The van der Waals surface area contributed by atoms with Gasteiger partial charge in [0.2, 0.25) is 0 Å². The van der Waals surface area contributed by atoms with Gasteiger partial charge < -0.3 is 19.4 Å². The topological polar surface area (TPSA) is 74.1 Å². The van der Waals surface area contributed by atoms with Gasteiger partial charge in [-0.1, -0.05) is 24.3 Å². The molecule has 0 atom stereocenters. The molecule has 0 spiro atoms. The maximum absolute atomic E-state index is 5.97. The first-order valence-electron chi connectivity index (χ1n) is 9.89. The lowest BCUT2D eigenvalue weighted by Gasteiger charge is -2.12. The number of fused-ring (bicyclic) bond motifs is 1. The van der Waals surface area contributed by atoms with Gasteiger partial charge in [0.1, 0.15) is 11.5 Å². The molecule has 0 saturated carbocycles. The fourth-order valence-electron chi connectivity index (χ4n) is 3.16. The van der Waals surface area contributed by atoms with Gasteiger partial charge in [-0.3, -0.25) is 0 Å². The number of nitrogens with zero attached hydrogens (tertiary/aromatic N) is 4. The zero-order valence-corrected chi connectivity index (χ0v) is 17.6. The van der Waals surface area contributed by atoms with Crippen LogP contribution in [0, 0.1) is 6.92 Å². The van der Waals surface area contributed by atoms with Crippen LogP contribution in [0.3, 0.4) is 0 Å². The monoisotopic (exact) mass is 403 g/mol. The Hall–Kier alpha value is -3.61. The minimum atomic E-state index is 0.214. The van der Waals surface area contributed by atoms with Gasteiger partial charge >= 0.3 is 6.01 Å². The highest BCUT2D eigenvalue weighted by molar-refractivity contribution is 5.83. The molecule has 154 valence electrons. The summed E-state index contributed by atoms with van der Waals surface area (Å²) in [7, 11) is 1.66. The van der Waals surface area contributed by atoms with Gasteiger partial charge in [0.05, 0.1) is 13.4 Å². The standard InChI is InChI=1S/C23H25N5O2/c1-15(2)28-14-25-20-21(24-13-17-8-10-18(29-4)11-9-17)26-23(27-22(20)28)30-19-7-5-6-16(3)12-19/h5-12,14-15H,13H2,1-4H3,(H,24,26,27). The van der Waals surface area contributed by atoms with Crippen molar-refractivity contribution >= 4 is 17.0 Å². The van der Waals surface area contributed by atoms with E-state index in [9.17, 15) is 0 Å². The average Bonchev–Trinajstić information content (AvgIpc) is 3.17. The van der Waals surface area contributed by atoms with E-state index in [1.165, 1.54) is 0 Å². The highest BCUT2D eigenvalue weighted by atomic mass is 16.5. The van der Waals surface area contributed by atoms with Crippen LogP contribution in [0.1, 0.15) is 31.0 Å². The molecule has 0 saturated heterocycles. The summed E-state index contributed by atoms with van der Waals surface area (Å²) >= 11 is 0. The van der Waals surface area contributed by atoms with Crippen molar-refractivity contribution in [3.8, 4) is 17.5 Å². The number of methoxy groups -OCH3 is 1. The molecule has 7 nitrogen and oxygen atoms in total. The van der Waals surface area contributed by atoms with Crippen LogP contribution in [0.4, 0.5) is 5.82 Å². The SMILES string of the molecule is COc1ccc(CNc2nc(Oc3cccc(C)c3)nc3c2ncn3C(C)C)cc1. The largest absolute Gasteiger partial charge is 0.497 e. The number of anilines is 1. The molecule has 0 fully saturated rings. The molecule has 7 heteroatoms. The lowest BCUT2D eigenvalue weighted by atomic mass is 10.2. The Morgan fingerprint density at radius 2 is 1.83 bits per heavy atom. The smallest absolute Gasteiger partial charge is 0.326 e. The highest BCUT2D eigenvalue weighted by Gasteiger charge is 2.16. The molecule has 0 aliphatic rings. The second-order valence-corrected chi connectivity index (χ2v) is 7.39. The number of benzene rings is 2. The minimum absolute atomic E-state index is 0.214. The lowest BCUT2D eigenvalue weighted by Crippen LogP contribution is -2.06. The zero-order chi connectivity index (χ0) is 21.1. The predicted molar refractivity (Wildman–Crippen MR) is 117 cm³/mol. The molecule has 2 aromatic carbocycles. The quantitative estimate of drug-likeness (QED) is 0.461. The van der Waals surface area contributed by atoms with Gasteiger partial charge in [-0.15, -0.1) is 0 Å². The van der Waals surface area contributed by atoms with E-state index in [2.05, 4.69) is 34.1 Å². The van der Waals surface area contributed by atoms with Crippen molar-refractivity contribution in [3.05, 3.63) is 66.0 Å². The molecule has 30 heavy (non-hydrogen) atoms. The summed E-state index contributed by atoms with van der Waals surface area (Å²) in [5.74, 6) is 2.16. The van der Waals surface area contributed by atoms with Crippen molar-refractivity contribution in [2.45, 2.75) is 33.4 Å². The van der Waals surface area contributed by atoms with Crippen LogP contribution in [-0.2, 0) is 6.54 Å². The summed E-state index contributed by atoms with van der Waals surface area (Å²) in [6.45, 7) is 6.80. The third-order valence-corrected chi connectivity index (χ3v) is 4.77. The first kappa shape index (κ1) is 19.7. The average molecular weight is 403 g/mol. The van der Waals surface area contributed by atoms with Gasteiger partial charge in [0.15, 0.2) is 17.0 Å². The van der Waals surface area contributed by atoms with E-state index in [0.717, 1.165) is 22.5 Å². The van der Waals surface area contributed by atoms with Crippen LogP contribution in [0.25, 0.3) is 11.2 Å². The Balaban J connectivity index is 1.67. The first-order chi connectivity index (χ1) is 14.5. The van der Waals surface area contributed by atoms with E-state index >= 15 is 0 Å². The van der Waals surface area contributed by atoms with Crippen LogP contribution in [0.5, 0.6) is 17.5 Å². The van der Waals surface area contributed by atoms with Crippen LogP contribution in [0.15, 0.2) is 54.9 Å². The molecular formula is C23H25N5O2. The Bertz CT molecular complexity index is 1150. The summed E-state index contributed by atoms with van der Waals surface area (Å²) in [6, 6.07) is 16.2. The third kappa shape index (κ3) is 4.20. The number of rotatable bonds is 7. The molecule has 0 radical (unpaired) electrons. The van der Waals surface area contributed by atoms with Crippen molar-refractivity contribution < 1.29 is 9.47 Å². The number of imidazole rings is 1. The zero-order valence-electron chi connectivity index (χ0n) is 17.6. The fourth-order valence-corrected chi connectivity index (χ4v) is 3.16. The highest BCUT2D eigenvalue weighted by Crippen LogP contribution is 2.27. The van der Waals surface area contributed by atoms with E-state index in [0.29, 0.717) is 23.6 Å². The Morgan fingerprint density at radius 1 is 1.03 bits per heavy atom. The molecule has 2 aromatic heterocycles. The third-order valence-electron chi connectivity index (χ3n) is 4.77. The molecule has 0 unspecified atom stereocenters. The molecule has 4 aromatic rings. The minimum Gasteiger partial charge on any atom is -0.497 e. The molecule has 0 bridgehead atoms. The summed E-state index contributed by atoms with van der Waals surface area (Å²) in [5.41, 5.74) is 3.67. The number of nitrogens with one attached hydrogen (secondary N) is 1. The van der Waals surface area contributed by atoms with Crippen molar-refractivity contribution in [2.24, 2.45) is 0 Å². The number of hydrogen-bond acceptors (Lipinski definition) is 6. The van der Waals surface area contributed by atoms with E-state index in [-0.39, 0.29) is 12.1 Å². The normalized spacial score (nSPS) is 11.1. The molecule has 0 amide bonds. The summed E-state index contributed by atoms with van der Waals surface area (Å²) in [5, 5.41) is 3.38. The second-order valence-electron chi connectivity index (χ2n) is 7.39. The number of aromatic nitrogens is 4. The van der Waals surface area contributed by atoms with Crippen LogP contribution in [0.2, 0.25) is 0 Å². The van der Waals surface area contributed by atoms with Gasteiger partial charge in [-0.2, -0.15) is 9.97 Å². The molecule has 0 aliphatic heterocycles. The van der Waals surface area contributed by atoms with Gasteiger partial charge in [-0.05, 0) is 56.2 Å². The number of aryl methyl sites for hydroxylation is 1. The summed E-state index contributed by atoms with van der Waals surface area (Å²) in [4.78, 5) is 13.8. The van der Waals surface area contributed by atoms with Crippen molar-refractivity contribution in [3.63, 3.8) is 0 Å². The predicted octanol–water partition coefficient (Wildman–Crippen LogP) is 5.13. The molecule has 0 aliphatic carbocycles. The number of ether oxygens (including phenoxy) is 2. The Morgan fingerprint density at radius 3 is 2.53 bits per heavy atom. The molecular weight excluding hydrogens is 378 g/mol. The maximum Gasteiger partial charge on any atom is 0.326 e. The molecule has 1 N–H and O–H groups in total. The molecule has 4 rings (SSSR count). The van der Waals surface area contributed by atoms with Gasteiger partial charge in [-0.25, -0.2) is 4.98 Å². The molecule has 2 heterocycles.